The van der Waals surface area contributed by atoms with E-state index in [9.17, 15) is 8.42 Å². The third-order valence-corrected chi connectivity index (χ3v) is 5.42. The van der Waals surface area contributed by atoms with Crippen molar-refractivity contribution < 1.29 is 8.42 Å². The van der Waals surface area contributed by atoms with Crippen molar-refractivity contribution >= 4 is 15.7 Å². The predicted octanol–water partition coefficient (Wildman–Crippen LogP) is 2.90. The Kier molecular flexibility index (Phi) is 5.99. The van der Waals surface area contributed by atoms with Crippen LogP contribution in [0.5, 0.6) is 0 Å². The number of hydrogen-bond acceptors (Lipinski definition) is 4. The third kappa shape index (κ3) is 4.68. The summed E-state index contributed by atoms with van der Waals surface area (Å²) in [7, 11) is -3.52. The molecule has 0 aliphatic heterocycles. The van der Waals surface area contributed by atoms with Gasteiger partial charge in [-0.05, 0) is 25.8 Å². The van der Waals surface area contributed by atoms with E-state index in [0.29, 0.717) is 12.2 Å². The SMILES string of the molecule is CCNc1ccncc1S(=O)(=O)NC1CCCCCCC1. The number of nitrogens with one attached hydrogen (secondary N) is 2. The number of anilines is 1. The van der Waals surface area contributed by atoms with E-state index >= 15 is 0 Å². The van der Waals surface area contributed by atoms with Gasteiger partial charge in [0.25, 0.3) is 0 Å². The molecule has 1 aromatic heterocycles. The molecule has 0 saturated heterocycles. The van der Waals surface area contributed by atoms with Gasteiger partial charge in [0.15, 0.2) is 0 Å². The van der Waals surface area contributed by atoms with Crippen LogP contribution >= 0.6 is 0 Å². The fraction of sp³-hybridized carbons (Fsp3) is 0.667. The molecule has 1 saturated carbocycles. The number of nitrogens with zero attached hydrogens (tertiary/aromatic N) is 1. The highest BCUT2D eigenvalue weighted by molar-refractivity contribution is 7.89. The molecule has 0 spiro atoms. The molecule has 1 fully saturated rings. The number of pyridine rings is 1. The van der Waals surface area contributed by atoms with Gasteiger partial charge in [-0.3, -0.25) is 4.98 Å². The molecule has 118 valence electrons. The van der Waals surface area contributed by atoms with Crippen molar-refractivity contribution in [2.45, 2.75) is 62.8 Å². The Morgan fingerprint density at radius 1 is 1.19 bits per heavy atom. The summed E-state index contributed by atoms with van der Waals surface area (Å²) in [5.74, 6) is 0. The van der Waals surface area contributed by atoms with Crippen LogP contribution in [0.3, 0.4) is 0 Å². The monoisotopic (exact) mass is 311 g/mol. The highest BCUT2D eigenvalue weighted by Crippen LogP contribution is 2.22. The molecule has 0 aromatic carbocycles. The van der Waals surface area contributed by atoms with Gasteiger partial charge in [0.05, 0.1) is 5.69 Å². The Hall–Kier alpha value is -1.14. The summed E-state index contributed by atoms with van der Waals surface area (Å²) in [6.45, 7) is 2.62. The van der Waals surface area contributed by atoms with Gasteiger partial charge in [0.1, 0.15) is 4.90 Å². The maximum Gasteiger partial charge on any atom is 0.244 e. The zero-order chi connectivity index (χ0) is 15.1. The van der Waals surface area contributed by atoms with Gasteiger partial charge in [0, 0.05) is 25.0 Å². The van der Waals surface area contributed by atoms with Gasteiger partial charge in [-0.15, -0.1) is 0 Å². The van der Waals surface area contributed by atoms with Gasteiger partial charge < -0.3 is 5.32 Å². The average Bonchev–Trinajstić information content (AvgIpc) is 2.42. The Balaban J connectivity index is 2.13. The zero-order valence-electron chi connectivity index (χ0n) is 12.6. The van der Waals surface area contributed by atoms with Gasteiger partial charge in [-0.25, -0.2) is 13.1 Å². The first-order valence-electron chi connectivity index (χ1n) is 7.83. The fourth-order valence-corrected chi connectivity index (χ4v) is 4.22. The van der Waals surface area contributed by atoms with Crippen LogP contribution in [0, 0.1) is 0 Å². The molecule has 5 nitrogen and oxygen atoms in total. The molecule has 1 heterocycles. The molecule has 21 heavy (non-hydrogen) atoms. The molecule has 0 bridgehead atoms. The lowest BCUT2D eigenvalue weighted by Gasteiger charge is -2.21. The second kappa shape index (κ2) is 7.75. The summed E-state index contributed by atoms with van der Waals surface area (Å²) < 4.78 is 28.1. The molecule has 6 heteroatoms. The summed E-state index contributed by atoms with van der Waals surface area (Å²) in [5, 5.41) is 3.08. The molecule has 0 radical (unpaired) electrons. The topological polar surface area (TPSA) is 71.1 Å². The summed E-state index contributed by atoms with van der Waals surface area (Å²) in [6, 6.07) is 1.75. The largest absolute Gasteiger partial charge is 0.384 e. The first kappa shape index (κ1) is 16.2. The van der Waals surface area contributed by atoms with Gasteiger partial charge in [-0.2, -0.15) is 0 Å². The number of aromatic nitrogens is 1. The smallest absolute Gasteiger partial charge is 0.244 e. The molecule has 2 rings (SSSR count). The van der Waals surface area contributed by atoms with Crippen molar-refractivity contribution in [3.8, 4) is 0 Å². The lowest BCUT2D eigenvalue weighted by molar-refractivity contribution is 0.426. The van der Waals surface area contributed by atoms with E-state index in [1.807, 2.05) is 6.92 Å². The molecular formula is C15H25N3O2S. The molecule has 1 aliphatic rings. The fourth-order valence-electron chi connectivity index (χ4n) is 2.79. The average molecular weight is 311 g/mol. The summed E-state index contributed by atoms with van der Waals surface area (Å²) in [6.07, 6.45) is 10.7. The Morgan fingerprint density at radius 2 is 1.86 bits per heavy atom. The van der Waals surface area contributed by atoms with Gasteiger partial charge in [0.2, 0.25) is 10.0 Å². The standard InChI is InChI=1S/C15H25N3O2S/c1-2-17-14-10-11-16-12-15(14)21(19,20)18-13-8-6-4-3-5-7-9-13/h10-13,18H,2-9H2,1H3,(H,16,17). The lowest BCUT2D eigenvalue weighted by Crippen LogP contribution is -2.35. The molecule has 1 aromatic rings. The summed E-state index contributed by atoms with van der Waals surface area (Å²) in [5.41, 5.74) is 0.617. The normalized spacial score (nSPS) is 18.0. The Bertz CT molecular complexity index is 538. The van der Waals surface area contributed by atoms with Crippen molar-refractivity contribution in [1.82, 2.24) is 9.71 Å². The predicted molar refractivity (Wildman–Crippen MR) is 84.8 cm³/mol. The van der Waals surface area contributed by atoms with Crippen molar-refractivity contribution in [2.75, 3.05) is 11.9 Å². The zero-order valence-corrected chi connectivity index (χ0v) is 13.5. The maximum absolute atomic E-state index is 12.6. The van der Waals surface area contributed by atoms with E-state index < -0.39 is 10.0 Å². The van der Waals surface area contributed by atoms with Crippen LogP contribution in [0.4, 0.5) is 5.69 Å². The quantitative estimate of drug-likeness (QED) is 0.877. The van der Waals surface area contributed by atoms with Crippen LogP contribution < -0.4 is 10.0 Å². The van der Waals surface area contributed by atoms with E-state index in [-0.39, 0.29) is 10.9 Å². The second-order valence-corrected chi connectivity index (χ2v) is 7.25. The Morgan fingerprint density at radius 3 is 2.52 bits per heavy atom. The van der Waals surface area contributed by atoms with Gasteiger partial charge in [-0.1, -0.05) is 32.1 Å². The van der Waals surface area contributed by atoms with Crippen LogP contribution in [0.25, 0.3) is 0 Å². The molecule has 0 unspecified atom stereocenters. The first-order chi connectivity index (χ1) is 10.1. The number of rotatable bonds is 5. The van der Waals surface area contributed by atoms with Crippen LogP contribution in [-0.4, -0.2) is 26.0 Å². The maximum atomic E-state index is 12.6. The van der Waals surface area contributed by atoms with Crippen molar-refractivity contribution in [3.05, 3.63) is 18.5 Å². The number of hydrogen-bond donors (Lipinski definition) is 2. The summed E-state index contributed by atoms with van der Waals surface area (Å²) in [4.78, 5) is 4.21. The van der Waals surface area contributed by atoms with Crippen molar-refractivity contribution in [1.29, 1.82) is 0 Å². The van der Waals surface area contributed by atoms with Crippen LogP contribution in [-0.2, 0) is 10.0 Å². The highest BCUT2D eigenvalue weighted by atomic mass is 32.2. The van der Waals surface area contributed by atoms with E-state index in [2.05, 4.69) is 15.0 Å². The molecule has 2 N–H and O–H groups in total. The Labute approximate surface area is 127 Å². The van der Waals surface area contributed by atoms with Gasteiger partial charge >= 0.3 is 0 Å². The second-order valence-electron chi connectivity index (χ2n) is 5.57. The molecular weight excluding hydrogens is 286 g/mol. The minimum Gasteiger partial charge on any atom is -0.384 e. The minimum atomic E-state index is -3.52. The van der Waals surface area contributed by atoms with E-state index in [0.717, 1.165) is 25.7 Å². The van der Waals surface area contributed by atoms with E-state index in [4.69, 9.17) is 0 Å². The number of sulfonamides is 1. The van der Waals surface area contributed by atoms with Crippen LogP contribution in [0.2, 0.25) is 0 Å². The molecule has 1 aliphatic carbocycles. The highest BCUT2D eigenvalue weighted by Gasteiger charge is 2.23. The van der Waals surface area contributed by atoms with Crippen LogP contribution in [0.1, 0.15) is 51.9 Å². The van der Waals surface area contributed by atoms with Crippen molar-refractivity contribution in [3.63, 3.8) is 0 Å². The minimum absolute atomic E-state index is 0.0463. The van der Waals surface area contributed by atoms with E-state index in [1.54, 1.807) is 12.3 Å². The van der Waals surface area contributed by atoms with E-state index in [1.165, 1.54) is 25.5 Å². The van der Waals surface area contributed by atoms with Crippen LogP contribution in [0.15, 0.2) is 23.4 Å². The first-order valence-corrected chi connectivity index (χ1v) is 9.32. The third-order valence-electron chi connectivity index (χ3n) is 3.87. The molecule has 0 atom stereocenters. The lowest BCUT2D eigenvalue weighted by atomic mass is 9.97. The molecule has 0 amide bonds. The summed E-state index contributed by atoms with van der Waals surface area (Å²) >= 11 is 0. The van der Waals surface area contributed by atoms with Crippen molar-refractivity contribution in [2.24, 2.45) is 0 Å².